The van der Waals surface area contributed by atoms with Crippen molar-refractivity contribution in [1.29, 1.82) is 0 Å². The molecule has 0 aromatic heterocycles. The van der Waals surface area contributed by atoms with Crippen LogP contribution in [0, 0.1) is 29.0 Å². The summed E-state index contributed by atoms with van der Waals surface area (Å²) in [6, 6.07) is 6.60. The van der Waals surface area contributed by atoms with Gasteiger partial charge in [0.25, 0.3) is 0 Å². The van der Waals surface area contributed by atoms with Crippen molar-refractivity contribution >= 4 is 17.8 Å². The molecule has 1 N–H and O–H groups in total. The number of ether oxygens (including phenoxy) is 1. The Hall–Kier alpha value is -2.44. The molecule has 1 heterocycles. The molecule has 0 spiro atoms. The summed E-state index contributed by atoms with van der Waals surface area (Å²) < 4.78 is 18.4. The van der Waals surface area contributed by atoms with Gasteiger partial charge in [-0.15, -0.1) is 0 Å². The first kappa shape index (κ1) is 21.4. The maximum absolute atomic E-state index is 13.8. The molecule has 5 aliphatic rings. The number of nitrogens with one attached hydrogen (secondary N) is 1. The first-order chi connectivity index (χ1) is 15.3. The predicted octanol–water partition coefficient (Wildman–Crippen LogP) is 3.44. The molecule has 1 aliphatic heterocycles. The first-order valence-corrected chi connectivity index (χ1v) is 11.6. The number of methoxy groups -OCH3 is 1. The maximum Gasteiger partial charge on any atom is 0.407 e. The van der Waals surface area contributed by atoms with Crippen molar-refractivity contribution in [2.24, 2.45) is 23.2 Å². The zero-order chi connectivity index (χ0) is 22.7. The average molecular weight is 443 g/mol. The van der Waals surface area contributed by atoms with E-state index >= 15 is 0 Å². The van der Waals surface area contributed by atoms with Gasteiger partial charge in [0.2, 0.25) is 5.91 Å². The van der Waals surface area contributed by atoms with E-state index in [0.29, 0.717) is 25.4 Å². The van der Waals surface area contributed by atoms with Crippen LogP contribution in [0.3, 0.4) is 0 Å². The number of amides is 2. The lowest BCUT2D eigenvalue weighted by atomic mass is 9.38. The van der Waals surface area contributed by atoms with Gasteiger partial charge in [-0.1, -0.05) is 12.1 Å². The smallest absolute Gasteiger partial charge is 0.407 e. The molecule has 1 saturated heterocycles. The number of rotatable bonds is 5. The number of halogens is 1. The molecule has 6 rings (SSSR count). The van der Waals surface area contributed by atoms with Gasteiger partial charge < -0.3 is 15.0 Å². The van der Waals surface area contributed by atoms with E-state index in [1.165, 1.54) is 19.2 Å². The highest BCUT2D eigenvalue weighted by molar-refractivity contribution is 5.84. The van der Waals surface area contributed by atoms with Crippen LogP contribution in [-0.4, -0.2) is 48.9 Å². The van der Waals surface area contributed by atoms with Crippen LogP contribution in [0.25, 0.3) is 0 Å². The minimum absolute atomic E-state index is 0.0709. The number of hydrogen-bond acceptors (Lipinski definition) is 4. The van der Waals surface area contributed by atoms with E-state index in [9.17, 15) is 18.8 Å². The minimum atomic E-state index is -0.486. The molecule has 1 aromatic rings. The van der Waals surface area contributed by atoms with Gasteiger partial charge in [0, 0.05) is 30.3 Å². The van der Waals surface area contributed by atoms with Crippen LogP contribution in [0.1, 0.15) is 51.0 Å². The second kappa shape index (κ2) is 7.56. The minimum Gasteiger partial charge on any atom is -0.453 e. The van der Waals surface area contributed by atoms with Crippen LogP contribution >= 0.6 is 0 Å². The average Bonchev–Trinajstić information content (AvgIpc) is 2.72. The van der Waals surface area contributed by atoms with Gasteiger partial charge in [0.1, 0.15) is 11.6 Å². The number of benzene rings is 1. The third-order valence-electron chi connectivity index (χ3n) is 8.96. The van der Waals surface area contributed by atoms with Crippen LogP contribution in [0.2, 0.25) is 0 Å². The molecule has 2 amide bonds. The van der Waals surface area contributed by atoms with Crippen molar-refractivity contribution < 1.29 is 23.5 Å². The molecule has 32 heavy (non-hydrogen) atoms. The Labute approximate surface area is 187 Å². The van der Waals surface area contributed by atoms with E-state index in [-0.39, 0.29) is 46.2 Å². The van der Waals surface area contributed by atoms with E-state index in [4.69, 9.17) is 0 Å². The highest BCUT2D eigenvalue weighted by Crippen LogP contribution is 2.68. The molecule has 2 unspecified atom stereocenters. The molecule has 0 radical (unpaired) electrons. The van der Waals surface area contributed by atoms with E-state index in [2.05, 4.69) is 10.1 Å². The molecular weight excluding hydrogens is 411 g/mol. The zero-order valence-electron chi connectivity index (χ0n) is 18.7. The largest absolute Gasteiger partial charge is 0.453 e. The third-order valence-corrected chi connectivity index (χ3v) is 8.96. The summed E-state index contributed by atoms with van der Waals surface area (Å²) >= 11 is 0. The summed E-state index contributed by atoms with van der Waals surface area (Å²) in [5, 5.41) is 2.74. The monoisotopic (exact) mass is 442 g/mol. The van der Waals surface area contributed by atoms with Crippen molar-refractivity contribution in [3.63, 3.8) is 0 Å². The maximum atomic E-state index is 13.8. The van der Waals surface area contributed by atoms with Crippen molar-refractivity contribution in [3.8, 4) is 0 Å². The summed E-state index contributed by atoms with van der Waals surface area (Å²) in [6.07, 6.45) is 4.58. The van der Waals surface area contributed by atoms with Gasteiger partial charge in [0.15, 0.2) is 0 Å². The number of alkyl carbamates (subject to hydrolysis) is 1. The van der Waals surface area contributed by atoms with Crippen LogP contribution in [-0.2, 0) is 19.7 Å². The summed E-state index contributed by atoms with van der Waals surface area (Å²) in [7, 11) is 1.32. The SMILES string of the molecule is COC(=O)NC1CN(C(=O)CC2(c3ccc(F)cc3)C3CC4CC2CC(C(C)=O)(C4)C3)C1. The molecule has 7 heteroatoms. The van der Waals surface area contributed by atoms with Crippen molar-refractivity contribution in [1.82, 2.24) is 10.2 Å². The fourth-order valence-corrected chi connectivity index (χ4v) is 7.51. The molecule has 1 aromatic carbocycles. The first-order valence-electron chi connectivity index (χ1n) is 11.6. The molecule has 5 fully saturated rings. The van der Waals surface area contributed by atoms with Gasteiger partial charge in [-0.25, -0.2) is 9.18 Å². The van der Waals surface area contributed by atoms with Crippen LogP contribution in [0.15, 0.2) is 24.3 Å². The Bertz CT molecular complexity index is 924. The lowest BCUT2D eigenvalue weighted by Gasteiger charge is -2.65. The Morgan fingerprint density at radius 1 is 1.09 bits per heavy atom. The summed E-state index contributed by atoms with van der Waals surface area (Å²) in [5.41, 5.74) is 0.432. The van der Waals surface area contributed by atoms with Crippen LogP contribution < -0.4 is 5.32 Å². The number of Topliss-reactive ketones (excluding diaryl/α,β-unsaturated/α-hetero) is 1. The van der Waals surface area contributed by atoms with Gasteiger partial charge in [0.05, 0.1) is 13.2 Å². The molecule has 172 valence electrons. The lowest BCUT2D eigenvalue weighted by molar-refractivity contribution is -0.159. The standard InChI is InChI=1S/C25H31FN2O4/c1-15(29)24-9-16-7-18(10-24)25(19(8-16)11-24,17-3-5-20(26)6-4-17)12-22(30)28-13-21(14-28)27-23(31)32-2/h3-6,16,18-19,21H,7-14H2,1-2H3,(H,27,31). The van der Waals surface area contributed by atoms with E-state index in [1.807, 2.05) is 12.1 Å². The zero-order valence-corrected chi connectivity index (χ0v) is 18.7. The molecule has 2 atom stereocenters. The topological polar surface area (TPSA) is 75.7 Å². The number of nitrogens with zero attached hydrogens (tertiary/aromatic N) is 1. The highest BCUT2D eigenvalue weighted by Gasteiger charge is 2.64. The Morgan fingerprint density at radius 3 is 2.28 bits per heavy atom. The van der Waals surface area contributed by atoms with Crippen LogP contribution in [0.4, 0.5) is 9.18 Å². The predicted molar refractivity (Wildman–Crippen MR) is 115 cm³/mol. The van der Waals surface area contributed by atoms with Crippen molar-refractivity contribution in [2.45, 2.75) is 56.9 Å². The Balaban J connectivity index is 1.42. The fourth-order valence-electron chi connectivity index (χ4n) is 7.51. The molecule has 4 bridgehead atoms. The summed E-state index contributed by atoms with van der Waals surface area (Å²) in [4.78, 5) is 39.3. The number of likely N-dealkylation sites (tertiary alicyclic amines) is 1. The quantitative estimate of drug-likeness (QED) is 0.758. The number of hydrogen-bond donors (Lipinski definition) is 1. The second-order valence-corrected chi connectivity index (χ2v) is 10.5. The van der Waals surface area contributed by atoms with Crippen molar-refractivity contribution in [2.75, 3.05) is 20.2 Å². The van der Waals surface area contributed by atoms with Gasteiger partial charge in [-0.3, -0.25) is 9.59 Å². The Morgan fingerprint density at radius 2 is 1.72 bits per heavy atom. The lowest BCUT2D eigenvalue weighted by Crippen LogP contribution is -2.64. The summed E-state index contributed by atoms with van der Waals surface area (Å²) in [6.45, 7) is 2.68. The number of carbonyl (C=O) groups excluding carboxylic acids is 3. The van der Waals surface area contributed by atoms with Crippen molar-refractivity contribution in [3.05, 3.63) is 35.6 Å². The highest BCUT2D eigenvalue weighted by atomic mass is 19.1. The summed E-state index contributed by atoms with van der Waals surface area (Å²) in [5.74, 6) is 1.11. The second-order valence-electron chi connectivity index (χ2n) is 10.5. The van der Waals surface area contributed by atoms with Gasteiger partial charge in [-0.05, 0) is 74.5 Å². The van der Waals surface area contributed by atoms with E-state index < -0.39 is 6.09 Å². The molecule has 4 saturated carbocycles. The van der Waals surface area contributed by atoms with Crippen LogP contribution in [0.5, 0.6) is 0 Å². The molecular formula is C25H31FN2O4. The van der Waals surface area contributed by atoms with Gasteiger partial charge in [-0.2, -0.15) is 0 Å². The van der Waals surface area contributed by atoms with E-state index in [1.54, 1.807) is 11.8 Å². The number of ketones is 1. The fraction of sp³-hybridized carbons (Fsp3) is 0.640. The molecule has 4 aliphatic carbocycles. The van der Waals surface area contributed by atoms with Gasteiger partial charge >= 0.3 is 6.09 Å². The third kappa shape index (κ3) is 3.23. The Kier molecular flexibility index (Phi) is 5.06. The molecule has 6 nitrogen and oxygen atoms in total. The normalized spacial score (nSPS) is 35.3. The van der Waals surface area contributed by atoms with E-state index in [0.717, 1.165) is 37.7 Å². The number of carbonyl (C=O) groups is 3.